The third-order valence-corrected chi connectivity index (χ3v) is 2.50. The number of aliphatic hydroxyl groups excluding tert-OH is 1. The highest BCUT2D eigenvalue weighted by Gasteiger charge is 2.42. The van der Waals surface area contributed by atoms with Gasteiger partial charge in [0.05, 0.1) is 6.61 Å². The Labute approximate surface area is 78.0 Å². The predicted molar refractivity (Wildman–Crippen MR) is 48.5 cm³/mol. The molecule has 1 fully saturated rings. The van der Waals surface area contributed by atoms with Crippen LogP contribution in [0, 0.1) is 0 Å². The maximum Gasteiger partial charge on any atom is 0.303 e. The zero-order chi connectivity index (χ0) is 9.90. The number of hydrogen-bond donors (Lipinski definition) is 3. The second-order valence-corrected chi connectivity index (χ2v) is 3.92. The van der Waals surface area contributed by atoms with E-state index in [1.54, 1.807) is 0 Å². The van der Waals surface area contributed by atoms with Crippen LogP contribution in [0.2, 0.25) is 0 Å². The van der Waals surface area contributed by atoms with E-state index in [4.69, 9.17) is 10.2 Å². The van der Waals surface area contributed by atoms with E-state index in [9.17, 15) is 4.79 Å². The largest absolute Gasteiger partial charge is 0.481 e. The van der Waals surface area contributed by atoms with Crippen LogP contribution in [0.15, 0.2) is 0 Å². The van der Waals surface area contributed by atoms with E-state index in [2.05, 4.69) is 5.32 Å². The van der Waals surface area contributed by atoms with Crippen molar-refractivity contribution < 1.29 is 15.0 Å². The molecule has 0 saturated heterocycles. The summed E-state index contributed by atoms with van der Waals surface area (Å²) in [6.07, 6.45) is 2.81. The van der Waals surface area contributed by atoms with Crippen molar-refractivity contribution in [2.24, 2.45) is 0 Å². The van der Waals surface area contributed by atoms with Crippen LogP contribution in [0.3, 0.4) is 0 Å². The third-order valence-electron chi connectivity index (χ3n) is 2.50. The Morgan fingerprint density at radius 3 is 2.62 bits per heavy atom. The fraction of sp³-hybridized carbons (Fsp3) is 0.889. The van der Waals surface area contributed by atoms with Gasteiger partial charge in [0.15, 0.2) is 0 Å². The highest BCUT2D eigenvalue weighted by molar-refractivity contribution is 5.66. The van der Waals surface area contributed by atoms with Crippen LogP contribution >= 0.6 is 0 Å². The molecule has 3 N–H and O–H groups in total. The first-order chi connectivity index (χ1) is 6.08. The van der Waals surface area contributed by atoms with Crippen molar-refractivity contribution in [3.63, 3.8) is 0 Å². The van der Waals surface area contributed by atoms with Gasteiger partial charge in [-0.2, -0.15) is 0 Å². The number of hydrogen-bond acceptors (Lipinski definition) is 3. The molecule has 0 aliphatic heterocycles. The van der Waals surface area contributed by atoms with Crippen molar-refractivity contribution in [1.29, 1.82) is 0 Å². The van der Waals surface area contributed by atoms with Gasteiger partial charge in [0.1, 0.15) is 0 Å². The van der Waals surface area contributed by atoms with Gasteiger partial charge in [-0.05, 0) is 26.2 Å². The van der Waals surface area contributed by atoms with Crippen molar-refractivity contribution in [2.75, 3.05) is 6.61 Å². The van der Waals surface area contributed by atoms with Gasteiger partial charge < -0.3 is 15.5 Å². The van der Waals surface area contributed by atoms with Gasteiger partial charge in [-0.3, -0.25) is 4.79 Å². The van der Waals surface area contributed by atoms with E-state index in [0.29, 0.717) is 6.42 Å². The zero-order valence-electron chi connectivity index (χ0n) is 7.92. The standard InChI is InChI=1S/C9H17NO3/c1-7(2-3-8(12)13)10-9(6-11)4-5-9/h7,10-11H,2-6H2,1H3,(H,12,13). The Hall–Kier alpha value is -0.610. The first kappa shape index (κ1) is 10.5. The lowest BCUT2D eigenvalue weighted by Crippen LogP contribution is -2.41. The van der Waals surface area contributed by atoms with E-state index in [1.165, 1.54) is 0 Å². The van der Waals surface area contributed by atoms with Crippen LogP contribution in [0.5, 0.6) is 0 Å². The summed E-state index contributed by atoms with van der Waals surface area (Å²) in [5, 5.41) is 20.7. The summed E-state index contributed by atoms with van der Waals surface area (Å²) in [5.41, 5.74) is -0.0854. The third kappa shape index (κ3) is 3.32. The summed E-state index contributed by atoms with van der Waals surface area (Å²) in [7, 11) is 0. The fourth-order valence-corrected chi connectivity index (χ4v) is 1.43. The molecule has 0 amide bonds. The first-order valence-corrected chi connectivity index (χ1v) is 4.68. The fourth-order valence-electron chi connectivity index (χ4n) is 1.43. The molecule has 1 rings (SSSR count). The van der Waals surface area contributed by atoms with Gasteiger partial charge in [0.2, 0.25) is 0 Å². The van der Waals surface area contributed by atoms with Crippen LogP contribution < -0.4 is 5.32 Å². The molecule has 4 heteroatoms. The number of carboxylic acids is 1. The highest BCUT2D eigenvalue weighted by Crippen LogP contribution is 2.35. The van der Waals surface area contributed by atoms with Gasteiger partial charge >= 0.3 is 5.97 Å². The molecular weight excluding hydrogens is 170 g/mol. The van der Waals surface area contributed by atoms with Crippen LogP contribution in [0.25, 0.3) is 0 Å². The molecule has 13 heavy (non-hydrogen) atoms. The van der Waals surface area contributed by atoms with E-state index in [0.717, 1.165) is 12.8 Å². The van der Waals surface area contributed by atoms with E-state index in [1.807, 2.05) is 6.92 Å². The molecule has 1 saturated carbocycles. The van der Waals surface area contributed by atoms with Gasteiger partial charge in [-0.15, -0.1) is 0 Å². The molecule has 0 aromatic carbocycles. The number of aliphatic hydroxyl groups is 1. The van der Waals surface area contributed by atoms with Gasteiger partial charge in [-0.1, -0.05) is 0 Å². The topological polar surface area (TPSA) is 69.6 Å². The number of nitrogens with one attached hydrogen (secondary N) is 1. The van der Waals surface area contributed by atoms with Gasteiger partial charge in [0.25, 0.3) is 0 Å². The highest BCUT2D eigenvalue weighted by atomic mass is 16.4. The minimum absolute atomic E-state index is 0.0854. The Balaban J connectivity index is 2.17. The summed E-state index contributed by atoms with van der Waals surface area (Å²) >= 11 is 0. The molecular formula is C9H17NO3. The summed E-state index contributed by atoms with van der Waals surface area (Å²) in [5.74, 6) is -0.762. The number of rotatable bonds is 6. The van der Waals surface area contributed by atoms with E-state index >= 15 is 0 Å². The molecule has 0 aromatic rings. The van der Waals surface area contributed by atoms with Crippen molar-refractivity contribution in [1.82, 2.24) is 5.32 Å². The number of carbonyl (C=O) groups is 1. The molecule has 0 bridgehead atoms. The minimum Gasteiger partial charge on any atom is -0.481 e. The number of carboxylic acid groups (broad SMARTS) is 1. The molecule has 0 heterocycles. The molecule has 1 unspecified atom stereocenters. The van der Waals surface area contributed by atoms with Crippen LogP contribution in [0.1, 0.15) is 32.6 Å². The maximum atomic E-state index is 10.3. The Morgan fingerprint density at radius 1 is 1.62 bits per heavy atom. The molecule has 0 aromatic heterocycles. The quantitative estimate of drug-likeness (QED) is 0.561. The molecule has 0 radical (unpaired) electrons. The van der Waals surface area contributed by atoms with Crippen LogP contribution in [0.4, 0.5) is 0 Å². The van der Waals surface area contributed by atoms with E-state index < -0.39 is 5.97 Å². The van der Waals surface area contributed by atoms with Crippen LogP contribution in [-0.2, 0) is 4.79 Å². The lowest BCUT2D eigenvalue weighted by molar-refractivity contribution is -0.137. The van der Waals surface area contributed by atoms with Crippen molar-refractivity contribution in [3.8, 4) is 0 Å². The lowest BCUT2D eigenvalue weighted by Gasteiger charge is -2.20. The second kappa shape index (κ2) is 4.07. The second-order valence-electron chi connectivity index (χ2n) is 3.92. The predicted octanol–water partition coefficient (Wildman–Crippen LogP) is 0.354. The summed E-state index contributed by atoms with van der Waals surface area (Å²) in [4.78, 5) is 10.3. The first-order valence-electron chi connectivity index (χ1n) is 4.68. The summed E-state index contributed by atoms with van der Waals surface area (Å²) < 4.78 is 0. The molecule has 0 spiro atoms. The average molecular weight is 187 g/mol. The molecule has 4 nitrogen and oxygen atoms in total. The Bertz CT molecular complexity index is 189. The SMILES string of the molecule is CC(CCC(=O)O)NC1(CO)CC1. The van der Waals surface area contributed by atoms with Crippen molar-refractivity contribution in [2.45, 2.75) is 44.2 Å². The summed E-state index contributed by atoms with van der Waals surface area (Å²) in [6.45, 7) is 2.11. The minimum atomic E-state index is -0.762. The van der Waals surface area contributed by atoms with Crippen molar-refractivity contribution in [3.05, 3.63) is 0 Å². The molecule has 1 aliphatic carbocycles. The lowest BCUT2D eigenvalue weighted by atomic mass is 10.1. The molecule has 1 aliphatic rings. The Morgan fingerprint density at radius 2 is 2.23 bits per heavy atom. The van der Waals surface area contributed by atoms with E-state index in [-0.39, 0.29) is 24.6 Å². The smallest absolute Gasteiger partial charge is 0.303 e. The number of aliphatic carboxylic acids is 1. The molecule has 76 valence electrons. The maximum absolute atomic E-state index is 10.3. The van der Waals surface area contributed by atoms with Gasteiger partial charge in [-0.25, -0.2) is 0 Å². The monoisotopic (exact) mass is 187 g/mol. The van der Waals surface area contributed by atoms with Crippen LogP contribution in [-0.4, -0.2) is 34.4 Å². The van der Waals surface area contributed by atoms with Gasteiger partial charge in [0, 0.05) is 18.0 Å². The molecule has 1 atom stereocenters. The normalized spacial score (nSPS) is 21.1. The Kier molecular flexibility index (Phi) is 3.27. The summed E-state index contributed by atoms with van der Waals surface area (Å²) in [6, 6.07) is 0.172. The average Bonchev–Trinajstić information content (AvgIpc) is 2.82. The zero-order valence-corrected chi connectivity index (χ0v) is 7.92. The van der Waals surface area contributed by atoms with Crippen molar-refractivity contribution >= 4 is 5.97 Å².